The fourth-order valence-corrected chi connectivity index (χ4v) is 3.56. The first kappa shape index (κ1) is 13.7. The summed E-state index contributed by atoms with van der Waals surface area (Å²) in [4.78, 5) is 0. The molecule has 100 valence electrons. The number of alkyl halides is 3. The van der Waals surface area contributed by atoms with E-state index in [0.717, 1.165) is 31.1 Å². The average molecular weight is 276 g/mol. The molecule has 0 spiro atoms. The van der Waals surface area contributed by atoms with Gasteiger partial charge in [0.15, 0.2) is 0 Å². The Balaban J connectivity index is 2.26. The topological polar surface area (TPSA) is 20.2 Å². The van der Waals surface area contributed by atoms with E-state index in [-0.39, 0.29) is 10.8 Å². The molecule has 0 aromatic heterocycles. The van der Waals surface area contributed by atoms with E-state index in [9.17, 15) is 18.3 Å². The van der Waals surface area contributed by atoms with E-state index in [1.54, 1.807) is 17.8 Å². The van der Waals surface area contributed by atoms with Gasteiger partial charge in [-0.15, -0.1) is 0 Å². The number of hydrogen-bond acceptors (Lipinski definition) is 2. The summed E-state index contributed by atoms with van der Waals surface area (Å²) in [7, 11) is 0. The van der Waals surface area contributed by atoms with Crippen LogP contribution in [0.1, 0.15) is 36.5 Å². The molecule has 1 aromatic rings. The van der Waals surface area contributed by atoms with Crippen LogP contribution >= 0.6 is 11.8 Å². The van der Waals surface area contributed by atoms with Gasteiger partial charge in [0.1, 0.15) is 0 Å². The van der Waals surface area contributed by atoms with Crippen molar-refractivity contribution in [2.45, 2.75) is 36.8 Å². The van der Waals surface area contributed by atoms with Crippen LogP contribution in [0.3, 0.4) is 0 Å². The highest BCUT2D eigenvalue weighted by molar-refractivity contribution is 7.99. The van der Waals surface area contributed by atoms with Crippen LogP contribution in [0.5, 0.6) is 0 Å². The van der Waals surface area contributed by atoms with Crippen molar-refractivity contribution in [3.63, 3.8) is 0 Å². The van der Waals surface area contributed by atoms with E-state index in [2.05, 4.69) is 0 Å². The van der Waals surface area contributed by atoms with Crippen LogP contribution in [0.2, 0.25) is 0 Å². The lowest BCUT2D eigenvalue weighted by atomic mass is 9.97. The fourth-order valence-electron chi connectivity index (χ4n) is 2.23. The zero-order valence-electron chi connectivity index (χ0n) is 9.78. The number of benzene rings is 1. The normalized spacial score (nSPS) is 22.8. The molecule has 1 nitrogen and oxygen atoms in total. The molecule has 1 aromatic carbocycles. The lowest BCUT2D eigenvalue weighted by Gasteiger charge is -2.28. The summed E-state index contributed by atoms with van der Waals surface area (Å²) >= 11 is 1.57. The minimum atomic E-state index is -4.41. The molecule has 2 rings (SSSR count). The first-order valence-electron chi connectivity index (χ1n) is 5.96. The second-order valence-electron chi connectivity index (χ2n) is 4.43. The second-order valence-corrected chi connectivity index (χ2v) is 5.78. The Morgan fingerprint density at radius 1 is 1.22 bits per heavy atom. The summed E-state index contributed by atoms with van der Waals surface area (Å²) in [6, 6.07) is 5.31. The van der Waals surface area contributed by atoms with Crippen molar-refractivity contribution in [3.8, 4) is 0 Å². The molecule has 1 aliphatic heterocycles. The third kappa shape index (κ3) is 3.01. The summed E-state index contributed by atoms with van der Waals surface area (Å²) in [6.07, 6.45) is -2.61. The Morgan fingerprint density at radius 3 is 2.56 bits per heavy atom. The lowest BCUT2D eigenvalue weighted by Crippen LogP contribution is -2.22. The van der Waals surface area contributed by atoms with Crippen molar-refractivity contribution in [2.24, 2.45) is 0 Å². The summed E-state index contributed by atoms with van der Waals surface area (Å²) in [5.74, 6) is 0.913. The quantitative estimate of drug-likeness (QED) is 0.880. The molecule has 2 atom stereocenters. The monoisotopic (exact) mass is 276 g/mol. The van der Waals surface area contributed by atoms with Crippen molar-refractivity contribution >= 4 is 11.8 Å². The largest absolute Gasteiger partial charge is 0.416 e. The first-order valence-corrected chi connectivity index (χ1v) is 7.01. The molecular formula is C13H15F3OS. The van der Waals surface area contributed by atoms with Gasteiger partial charge >= 0.3 is 6.18 Å². The van der Waals surface area contributed by atoms with Crippen LogP contribution in [0.25, 0.3) is 0 Å². The van der Waals surface area contributed by atoms with Crippen molar-refractivity contribution in [1.82, 2.24) is 0 Å². The number of rotatable bonds is 2. The minimum absolute atomic E-state index is 0.00407. The predicted molar refractivity (Wildman–Crippen MR) is 66.5 cm³/mol. The highest BCUT2D eigenvalue weighted by Crippen LogP contribution is 2.40. The molecule has 0 amide bonds. The molecule has 0 bridgehead atoms. The standard InChI is InChI=1S/C13H15F3OS/c14-13(15,16)10-6-2-1-5-9(10)12(17)11-7-3-4-8-18-11/h1-2,5-6,11-12,17H,3-4,7-8H2. The Kier molecular flexibility index (Phi) is 4.22. The van der Waals surface area contributed by atoms with Crippen molar-refractivity contribution in [1.29, 1.82) is 0 Å². The first-order chi connectivity index (χ1) is 8.50. The number of aliphatic hydroxyl groups excluding tert-OH is 1. The third-order valence-electron chi connectivity index (χ3n) is 3.15. The molecule has 0 radical (unpaired) electrons. The van der Waals surface area contributed by atoms with Crippen LogP contribution in [0.4, 0.5) is 13.2 Å². The smallest absolute Gasteiger partial charge is 0.387 e. The summed E-state index contributed by atoms with van der Waals surface area (Å²) in [6.45, 7) is 0. The number of thioether (sulfide) groups is 1. The van der Waals surface area contributed by atoms with Gasteiger partial charge in [0.05, 0.1) is 11.7 Å². The highest BCUT2D eigenvalue weighted by atomic mass is 32.2. The molecule has 1 fully saturated rings. The van der Waals surface area contributed by atoms with E-state index >= 15 is 0 Å². The molecule has 2 unspecified atom stereocenters. The molecule has 0 saturated carbocycles. The molecule has 1 aliphatic rings. The maximum atomic E-state index is 12.9. The fraction of sp³-hybridized carbons (Fsp3) is 0.538. The van der Waals surface area contributed by atoms with Crippen LogP contribution in [-0.2, 0) is 6.18 Å². The Morgan fingerprint density at radius 2 is 1.94 bits per heavy atom. The van der Waals surface area contributed by atoms with Crippen molar-refractivity contribution < 1.29 is 18.3 Å². The van der Waals surface area contributed by atoms with Gasteiger partial charge in [0.25, 0.3) is 0 Å². The minimum Gasteiger partial charge on any atom is -0.387 e. The molecule has 1 heterocycles. The lowest BCUT2D eigenvalue weighted by molar-refractivity contribution is -0.139. The van der Waals surface area contributed by atoms with Crippen LogP contribution in [0.15, 0.2) is 24.3 Å². The van der Waals surface area contributed by atoms with Crippen LogP contribution in [-0.4, -0.2) is 16.1 Å². The second kappa shape index (κ2) is 5.53. The average Bonchev–Trinajstić information content (AvgIpc) is 2.38. The third-order valence-corrected chi connectivity index (χ3v) is 4.60. The maximum Gasteiger partial charge on any atom is 0.416 e. The molecule has 1 N–H and O–H groups in total. The number of hydrogen-bond donors (Lipinski definition) is 1. The highest BCUT2D eigenvalue weighted by Gasteiger charge is 2.36. The van der Waals surface area contributed by atoms with Gasteiger partial charge in [-0.05, 0) is 30.2 Å². The molecule has 5 heteroatoms. The Labute approximate surface area is 108 Å². The zero-order valence-corrected chi connectivity index (χ0v) is 10.6. The number of halogens is 3. The van der Waals surface area contributed by atoms with Gasteiger partial charge in [-0.3, -0.25) is 0 Å². The molecule has 18 heavy (non-hydrogen) atoms. The van der Waals surface area contributed by atoms with E-state index in [4.69, 9.17) is 0 Å². The Bertz CT molecular complexity index is 399. The van der Waals surface area contributed by atoms with E-state index in [0.29, 0.717) is 0 Å². The van der Waals surface area contributed by atoms with Crippen LogP contribution < -0.4 is 0 Å². The van der Waals surface area contributed by atoms with E-state index in [1.807, 2.05) is 0 Å². The maximum absolute atomic E-state index is 12.9. The van der Waals surface area contributed by atoms with Gasteiger partial charge in [-0.1, -0.05) is 24.6 Å². The number of aliphatic hydroxyl groups is 1. The van der Waals surface area contributed by atoms with Gasteiger partial charge in [-0.25, -0.2) is 0 Å². The van der Waals surface area contributed by atoms with Gasteiger partial charge in [-0.2, -0.15) is 24.9 Å². The molecule has 0 aliphatic carbocycles. The van der Waals surface area contributed by atoms with Gasteiger partial charge < -0.3 is 5.11 Å². The molecular weight excluding hydrogens is 261 g/mol. The van der Waals surface area contributed by atoms with Crippen molar-refractivity contribution in [3.05, 3.63) is 35.4 Å². The van der Waals surface area contributed by atoms with Crippen LogP contribution in [0, 0.1) is 0 Å². The van der Waals surface area contributed by atoms with E-state index < -0.39 is 17.8 Å². The summed E-state index contributed by atoms with van der Waals surface area (Å²) < 4.78 is 38.6. The zero-order chi connectivity index (χ0) is 13.2. The summed E-state index contributed by atoms with van der Waals surface area (Å²) in [5, 5.41) is 10.0. The van der Waals surface area contributed by atoms with Crippen molar-refractivity contribution in [2.75, 3.05) is 5.75 Å². The van der Waals surface area contributed by atoms with Gasteiger partial charge in [0.2, 0.25) is 0 Å². The summed E-state index contributed by atoms with van der Waals surface area (Å²) in [5.41, 5.74) is -0.715. The van der Waals surface area contributed by atoms with E-state index in [1.165, 1.54) is 12.1 Å². The van der Waals surface area contributed by atoms with Gasteiger partial charge in [0, 0.05) is 5.25 Å². The Hall–Kier alpha value is -0.680. The predicted octanol–water partition coefficient (Wildman–Crippen LogP) is 4.02. The molecule has 1 saturated heterocycles. The SMILES string of the molecule is OC(c1ccccc1C(F)(F)F)C1CCCCS1.